The first-order valence-corrected chi connectivity index (χ1v) is 10.2. The Morgan fingerprint density at radius 3 is 2.42 bits per heavy atom. The fourth-order valence-electron chi connectivity index (χ4n) is 3.31. The number of imide groups is 1. The maximum atomic E-state index is 12.7. The maximum Gasteiger partial charge on any atom is 0.415 e. The number of para-hydroxylation sites is 2. The Balaban J connectivity index is 1.82. The van der Waals surface area contributed by atoms with Gasteiger partial charge >= 0.3 is 12.1 Å². The number of carboxylic acid groups (broad SMARTS) is 1. The van der Waals surface area contributed by atoms with Gasteiger partial charge in [0.15, 0.2) is 11.7 Å². The second kappa shape index (κ2) is 10.1. The van der Waals surface area contributed by atoms with Gasteiger partial charge in [-0.2, -0.15) is 0 Å². The summed E-state index contributed by atoms with van der Waals surface area (Å²) in [5.41, 5.74) is 2.15. The van der Waals surface area contributed by atoms with E-state index in [0.29, 0.717) is 23.9 Å². The zero-order valence-corrected chi connectivity index (χ0v) is 17.6. The van der Waals surface area contributed by atoms with E-state index in [9.17, 15) is 19.8 Å². The van der Waals surface area contributed by atoms with Crippen LogP contribution in [0.2, 0.25) is 0 Å². The van der Waals surface area contributed by atoms with Crippen molar-refractivity contribution in [2.45, 2.75) is 38.8 Å². The summed E-state index contributed by atoms with van der Waals surface area (Å²) >= 11 is 0. The minimum absolute atomic E-state index is 0.0356. The van der Waals surface area contributed by atoms with Gasteiger partial charge in [0.1, 0.15) is 5.52 Å². The van der Waals surface area contributed by atoms with Crippen LogP contribution in [-0.2, 0) is 6.42 Å². The van der Waals surface area contributed by atoms with Crippen LogP contribution >= 0.6 is 0 Å². The number of carbonyl (C=O) groups excluding carboxylic acids is 1. The summed E-state index contributed by atoms with van der Waals surface area (Å²) in [6, 6.07) is 15.2. The summed E-state index contributed by atoms with van der Waals surface area (Å²) < 4.78 is 5.67. The number of oxazole rings is 1. The molecule has 0 unspecified atom stereocenters. The Kier molecular flexibility index (Phi) is 7.25. The molecule has 2 aromatic carbocycles. The monoisotopic (exact) mass is 425 g/mol. The average Bonchev–Trinajstić information content (AvgIpc) is 3.19. The van der Waals surface area contributed by atoms with Crippen LogP contribution in [0.4, 0.5) is 9.59 Å². The number of rotatable bonds is 8. The Morgan fingerprint density at radius 1 is 1.10 bits per heavy atom. The number of nitrogens with zero attached hydrogens (tertiary/aromatic N) is 2. The summed E-state index contributed by atoms with van der Waals surface area (Å²) in [5, 5.41) is 23.1. The highest BCUT2D eigenvalue weighted by atomic mass is 16.4. The SMILES string of the molecule is CC(C)CN(C(=O)O)C(=O)N[C@@H](CCc1ccccc1)[C@H](O)c1nc2ccccc2o1. The van der Waals surface area contributed by atoms with Crippen LogP contribution in [0.1, 0.15) is 37.8 Å². The Hall–Kier alpha value is -3.39. The summed E-state index contributed by atoms with van der Waals surface area (Å²) in [6.45, 7) is 3.69. The van der Waals surface area contributed by atoms with Crippen molar-refractivity contribution in [2.75, 3.05) is 6.54 Å². The molecule has 164 valence electrons. The van der Waals surface area contributed by atoms with Gasteiger partial charge in [-0.15, -0.1) is 0 Å². The Bertz CT molecular complexity index is 985. The molecule has 8 heteroatoms. The molecule has 0 fully saturated rings. The molecule has 31 heavy (non-hydrogen) atoms. The van der Waals surface area contributed by atoms with E-state index in [1.165, 1.54) is 0 Å². The van der Waals surface area contributed by atoms with Gasteiger partial charge in [-0.25, -0.2) is 19.5 Å². The van der Waals surface area contributed by atoms with E-state index in [4.69, 9.17) is 4.42 Å². The third-order valence-corrected chi connectivity index (χ3v) is 4.86. The quantitative estimate of drug-likeness (QED) is 0.498. The van der Waals surface area contributed by atoms with Crippen LogP contribution in [0.15, 0.2) is 59.0 Å². The van der Waals surface area contributed by atoms with E-state index in [0.717, 1.165) is 10.5 Å². The Morgan fingerprint density at radius 2 is 1.77 bits per heavy atom. The largest absolute Gasteiger partial charge is 0.465 e. The van der Waals surface area contributed by atoms with Gasteiger partial charge in [0.25, 0.3) is 0 Å². The predicted octanol–water partition coefficient (Wildman–Crippen LogP) is 4.21. The van der Waals surface area contributed by atoms with Crippen LogP contribution in [0.5, 0.6) is 0 Å². The number of amides is 3. The summed E-state index contributed by atoms with van der Waals surface area (Å²) in [7, 11) is 0. The number of hydrogen-bond donors (Lipinski definition) is 3. The van der Waals surface area contributed by atoms with Crippen molar-refractivity contribution >= 4 is 23.2 Å². The van der Waals surface area contributed by atoms with E-state index < -0.39 is 24.3 Å². The van der Waals surface area contributed by atoms with E-state index >= 15 is 0 Å². The number of nitrogens with one attached hydrogen (secondary N) is 1. The van der Waals surface area contributed by atoms with E-state index in [1.54, 1.807) is 18.2 Å². The van der Waals surface area contributed by atoms with Gasteiger partial charge in [0.05, 0.1) is 6.04 Å². The van der Waals surface area contributed by atoms with E-state index in [1.807, 2.05) is 50.2 Å². The minimum atomic E-state index is -1.34. The van der Waals surface area contributed by atoms with Gasteiger partial charge in [0.2, 0.25) is 5.89 Å². The molecular weight excluding hydrogens is 398 g/mol. The number of aromatic nitrogens is 1. The molecule has 0 radical (unpaired) electrons. The highest BCUT2D eigenvalue weighted by Gasteiger charge is 2.30. The second-order valence-electron chi connectivity index (χ2n) is 7.83. The highest BCUT2D eigenvalue weighted by molar-refractivity contribution is 5.90. The van der Waals surface area contributed by atoms with Crippen LogP contribution < -0.4 is 5.32 Å². The molecule has 0 aliphatic carbocycles. The molecule has 3 N–H and O–H groups in total. The predicted molar refractivity (Wildman–Crippen MR) is 116 cm³/mol. The van der Waals surface area contributed by atoms with Gasteiger partial charge in [0, 0.05) is 6.54 Å². The van der Waals surface area contributed by atoms with Crippen LogP contribution in [0.3, 0.4) is 0 Å². The average molecular weight is 425 g/mol. The first-order valence-electron chi connectivity index (χ1n) is 10.2. The van der Waals surface area contributed by atoms with Crippen LogP contribution in [-0.4, -0.2) is 44.8 Å². The molecular formula is C23H27N3O5. The molecule has 3 rings (SSSR count). The van der Waals surface area contributed by atoms with Crippen molar-refractivity contribution in [2.24, 2.45) is 5.92 Å². The lowest BCUT2D eigenvalue weighted by Crippen LogP contribution is -2.50. The number of carbonyl (C=O) groups is 2. The molecule has 8 nitrogen and oxygen atoms in total. The number of aliphatic hydroxyl groups excluding tert-OH is 1. The third-order valence-electron chi connectivity index (χ3n) is 4.86. The molecule has 0 spiro atoms. The molecule has 1 aromatic heterocycles. The van der Waals surface area contributed by atoms with Gasteiger partial charge in [-0.3, -0.25) is 0 Å². The highest BCUT2D eigenvalue weighted by Crippen LogP contribution is 2.24. The van der Waals surface area contributed by atoms with Gasteiger partial charge < -0.3 is 19.9 Å². The van der Waals surface area contributed by atoms with Crippen molar-refractivity contribution in [3.63, 3.8) is 0 Å². The number of hydrogen-bond acceptors (Lipinski definition) is 5. The molecule has 0 aliphatic heterocycles. The lowest BCUT2D eigenvalue weighted by Gasteiger charge is -2.26. The van der Waals surface area contributed by atoms with Crippen molar-refractivity contribution in [3.05, 3.63) is 66.1 Å². The van der Waals surface area contributed by atoms with Gasteiger partial charge in [-0.05, 0) is 36.5 Å². The van der Waals surface area contributed by atoms with Crippen molar-refractivity contribution in [1.29, 1.82) is 0 Å². The van der Waals surface area contributed by atoms with Gasteiger partial charge in [-0.1, -0.05) is 56.3 Å². The lowest BCUT2D eigenvalue weighted by atomic mass is 10.0. The van der Waals surface area contributed by atoms with Crippen molar-refractivity contribution < 1.29 is 24.2 Å². The first-order chi connectivity index (χ1) is 14.8. The standard InChI is InChI=1S/C23H27N3O5/c1-15(2)14-26(23(29)30)22(28)25-18(13-12-16-8-4-3-5-9-16)20(27)21-24-17-10-6-7-11-19(17)31-21/h3-11,15,18,20,27H,12-14H2,1-2H3,(H,25,28)(H,29,30)/t18-,20-/m0/s1. The fourth-order valence-corrected chi connectivity index (χ4v) is 3.31. The smallest absolute Gasteiger partial charge is 0.415 e. The molecule has 1 heterocycles. The second-order valence-corrected chi connectivity index (χ2v) is 7.83. The number of urea groups is 1. The molecule has 2 atom stereocenters. The van der Waals surface area contributed by atoms with E-state index in [-0.39, 0.29) is 18.4 Å². The number of benzene rings is 2. The number of aryl methyl sites for hydroxylation is 1. The van der Waals surface area contributed by atoms with Crippen LogP contribution in [0.25, 0.3) is 11.1 Å². The van der Waals surface area contributed by atoms with E-state index in [2.05, 4.69) is 10.3 Å². The fraction of sp³-hybridized carbons (Fsp3) is 0.348. The summed E-state index contributed by atoms with van der Waals surface area (Å²) in [5.74, 6) is 0.0388. The molecule has 0 saturated carbocycles. The zero-order chi connectivity index (χ0) is 22.4. The molecule has 0 aliphatic rings. The maximum absolute atomic E-state index is 12.7. The van der Waals surface area contributed by atoms with Crippen LogP contribution in [0, 0.1) is 5.92 Å². The van der Waals surface area contributed by atoms with Crippen molar-refractivity contribution in [1.82, 2.24) is 15.2 Å². The lowest BCUT2D eigenvalue weighted by molar-refractivity contribution is 0.0936. The van der Waals surface area contributed by atoms with Crippen molar-refractivity contribution in [3.8, 4) is 0 Å². The first kappa shape index (κ1) is 22.3. The zero-order valence-electron chi connectivity index (χ0n) is 17.6. The molecule has 3 amide bonds. The number of fused-ring (bicyclic) bond motifs is 1. The minimum Gasteiger partial charge on any atom is -0.465 e. The molecule has 0 saturated heterocycles. The Labute approximate surface area is 180 Å². The summed E-state index contributed by atoms with van der Waals surface area (Å²) in [6.07, 6.45) is -1.65. The molecule has 3 aromatic rings. The number of aliphatic hydroxyl groups is 1. The topological polar surface area (TPSA) is 116 Å². The summed E-state index contributed by atoms with van der Waals surface area (Å²) in [4.78, 5) is 29.3. The third kappa shape index (κ3) is 5.82. The normalized spacial score (nSPS) is 13.2. The molecule has 0 bridgehead atoms.